The van der Waals surface area contributed by atoms with Crippen LogP contribution >= 0.6 is 11.5 Å². The Bertz CT molecular complexity index is 364. The van der Waals surface area contributed by atoms with Gasteiger partial charge in [-0.05, 0) is 36.6 Å². The fourth-order valence-corrected chi connectivity index (χ4v) is 1.94. The molecule has 2 heterocycles. The van der Waals surface area contributed by atoms with Gasteiger partial charge in [-0.2, -0.15) is 4.37 Å². The molecule has 0 saturated heterocycles. The Labute approximate surface area is 80.8 Å². The summed E-state index contributed by atoms with van der Waals surface area (Å²) in [4.78, 5) is 4.26. The lowest BCUT2D eigenvalue weighted by molar-refractivity contribution is 0.989. The van der Waals surface area contributed by atoms with Gasteiger partial charge in [-0.1, -0.05) is 0 Å². The van der Waals surface area contributed by atoms with Gasteiger partial charge in [-0.3, -0.25) is 0 Å². The van der Waals surface area contributed by atoms with Crippen molar-refractivity contribution in [2.24, 2.45) is 5.73 Å². The van der Waals surface area contributed by atoms with E-state index in [4.69, 9.17) is 5.73 Å². The largest absolute Gasteiger partial charge is 0.367 e. The molecule has 0 aromatic carbocycles. The number of nitrogens with one attached hydrogen (secondary N) is 1. The molecule has 0 saturated carbocycles. The Morgan fingerprint density at radius 3 is 3.15 bits per heavy atom. The Morgan fingerprint density at radius 1 is 1.54 bits per heavy atom. The minimum atomic E-state index is 0.689. The van der Waals surface area contributed by atoms with Crippen molar-refractivity contribution >= 4 is 11.5 Å². The first-order valence-electron chi connectivity index (χ1n) is 4.19. The Hall–Kier alpha value is -1.13. The van der Waals surface area contributed by atoms with Gasteiger partial charge < -0.3 is 10.7 Å². The summed E-state index contributed by atoms with van der Waals surface area (Å²) in [7, 11) is 0. The second-order valence-corrected chi connectivity index (χ2v) is 3.71. The van der Waals surface area contributed by atoms with Gasteiger partial charge in [0.1, 0.15) is 0 Å². The number of H-pyrrole nitrogens is 1. The van der Waals surface area contributed by atoms with E-state index in [2.05, 4.69) is 15.4 Å². The molecule has 0 aliphatic heterocycles. The molecule has 0 aliphatic carbocycles. The maximum Gasteiger partial charge on any atom is 0.0858 e. The van der Waals surface area contributed by atoms with Crippen molar-refractivity contribution in [2.45, 2.75) is 6.42 Å². The molecule has 3 nitrogen and oxygen atoms in total. The molecule has 2 rings (SSSR count). The van der Waals surface area contributed by atoms with Crippen molar-refractivity contribution < 1.29 is 0 Å². The van der Waals surface area contributed by atoms with Crippen LogP contribution in [0.25, 0.3) is 11.3 Å². The van der Waals surface area contributed by atoms with Crippen LogP contribution in [0.1, 0.15) is 4.88 Å². The van der Waals surface area contributed by atoms with E-state index in [1.54, 1.807) is 0 Å². The van der Waals surface area contributed by atoms with Crippen LogP contribution in [0.5, 0.6) is 0 Å². The molecule has 0 aliphatic rings. The lowest BCUT2D eigenvalue weighted by Crippen LogP contribution is -2.00. The van der Waals surface area contributed by atoms with E-state index in [1.807, 2.05) is 18.5 Å². The van der Waals surface area contributed by atoms with Crippen LogP contribution < -0.4 is 5.73 Å². The topological polar surface area (TPSA) is 54.7 Å². The standard InChI is InChI=1S/C9H11N3S/c10-3-1-8-5-9(12-13-8)7-2-4-11-6-7/h2,4-6,11H,1,3,10H2. The van der Waals surface area contributed by atoms with Crippen molar-refractivity contribution in [1.82, 2.24) is 9.36 Å². The highest BCUT2D eigenvalue weighted by Crippen LogP contribution is 2.21. The van der Waals surface area contributed by atoms with E-state index in [0.717, 1.165) is 17.7 Å². The number of aromatic nitrogens is 2. The lowest BCUT2D eigenvalue weighted by atomic mass is 10.2. The van der Waals surface area contributed by atoms with Crippen LogP contribution in [-0.2, 0) is 6.42 Å². The number of nitrogens with zero attached hydrogens (tertiary/aromatic N) is 1. The molecular formula is C9H11N3S. The third kappa shape index (κ3) is 1.79. The molecule has 0 fully saturated rings. The number of hydrogen-bond acceptors (Lipinski definition) is 3. The van der Waals surface area contributed by atoms with Gasteiger partial charge >= 0.3 is 0 Å². The summed E-state index contributed by atoms with van der Waals surface area (Å²) in [6.07, 6.45) is 4.76. The third-order valence-corrected chi connectivity index (χ3v) is 2.69. The minimum absolute atomic E-state index is 0.689. The van der Waals surface area contributed by atoms with Crippen LogP contribution in [0.2, 0.25) is 0 Å². The fraction of sp³-hybridized carbons (Fsp3) is 0.222. The van der Waals surface area contributed by atoms with E-state index in [1.165, 1.54) is 16.4 Å². The van der Waals surface area contributed by atoms with Gasteiger partial charge in [0.25, 0.3) is 0 Å². The monoisotopic (exact) mass is 193 g/mol. The third-order valence-electron chi connectivity index (χ3n) is 1.84. The van der Waals surface area contributed by atoms with Crippen LogP contribution in [-0.4, -0.2) is 15.9 Å². The van der Waals surface area contributed by atoms with Crippen molar-refractivity contribution in [3.05, 3.63) is 29.4 Å². The highest BCUT2D eigenvalue weighted by molar-refractivity contribution is 7.06. The smallest absolute Gasteiger partial charge is 0.0858 e. The second-order valence-electron chi connectivity index (χ2n) is 2.82. The van der Waals surface area contributed by atoms with Gasteiger partial charge in [0.15, 0.2) is 0 Å². The molecule has 68 valence electrons. The molecule has 0 unspecified atom stereocenters. The van der Waals surface area contributed by atoms with Gasteiger partial charge in [-0.25, -0.2) is 0 Å². The summed E-state index contributed by atoms with van der Waals surface area (Å²) in [6.45, 7) is 0.689. The molecule has 4 heteroatoms. The molecule has 0 bridgehead atoms. The van der Waals surface area contributed by atoms with Gasteiger partial charge in [0.2, 0.25) is 0 Å². The van der Waals surface area contributed by atoms with Gasteiger partial charge in [0.05, 0.1) is 5.69 Å². The maximum absolute atomic E-state index is 5.46. The van der Waals surface area contributed by atoms with Crippen molar-refractivity contribution in [1.29, 1.82) is 0 Å². The first-order chi connectivity index (χ1) is 6.40. The minimum Gasteiger partial charge on any atom is -0.367 e. The zero-order chi connectivity index (χ0) is 9.10. The highest BCUT2D eigenvalue weighted by atomic mass is 32.1. The van der Waals surface area contributed by atoms with Crippen molar-refractivity contribution in [3.8, 4) is 11.3 Å². The molecule has 0 radical (unpaired) electrons. The number of rotatable bonds is 3. The number of aromatic amines is 1. The van der Waals surface area contributed by atoms with E-state index < -0.39 is 0 Å². The lowest BCUT2D eigenvalue weighted by Gasteiger charge is -1.87. The van der Waals surface area contributed by atoms with Crippen LogP contribution in [0.3, 0.4) is 0 Å². The zero-order valence-corrected chi connectivity index (χ0v) is 7.97. The average Bonchev–Trinajstić information content (AvgIpc) is 2.70. The van der Waals surface area contributed by atoms with Crippen LogP contribution in [0.15, 0.2) is 24.5 Å². The molecule has 2 aromatic rings. The average molecular weight is 193 g/mol. The Balaban J connectivity index is 2.23. The SMILES string of the molecule is NCCc1cc(-c2cc[nH]c2)ns1. The van der Waals surface area contributed by atoms with Gasteiger partial charge in [-0.15, -0.1) is 0 Å². The molecule has 0 amide bonds. The molecule has 3 N–H and O–H groups in total. The molecule has 13 heavy (non-hydrogen) atoms. The summed E-state index contributed by atoms with van der Waals surface area (Å²) < 4.78 is 4.34. The van der Waals surface area contributed by atoms with Crippen LogP contribution in [0.4, 0.5) is 0 Å². The summed E-state index contributed by atoms with van der Waals surface area (Å²) in [5.41, 5.74) is 7.64. The molecule has 0 atom stereocenters. The highest BCUT2D eigenvalue weighted by Gasteiger charge is 2.03. The van der Waals surface area contributed by atoms with E-state index >= 15 is 0 Å². The van der Waals surface area contributed by atoms with E-state index in [0.29, 0.717) is 6.54 Å². The summed E-state index contributed by atoms with van der Waals surface area (Å²) >= 11 is 1.53. The quantitative estimate of drug-likeness (QED) is 0.778. The van der Waals surface area contributed by atoms with Crippen molar-refractivity contribution in [2.75, 3.05) is 6.54 Å². The van der Waals surface area contributed by atoms with Crippen LogP contribution in [0, 0.1) is 0 Å². The molecule has 0 spiro atoms. The van der Waals surface area contributed by atoms with E-state index in [-0.39, 0.29) is 0 Å². The van der Waals surface area contributed by atoms with Crippen molar-refractivity contribution in [3.63, 3.8) is 0 Å². The normalized spacial score (nSPS) is 10.5. The Kier molecular flexibility index (Phi) is 2.42. The summed E-state index contributed by atoms with van der Waals surface area (Å²) in [5, 5.41) is 0. The second kappa shape index (κ2) is 3.72. The predicted molar refractivity (Wildman–Crippen MR) is 54.7 cm³/mol. The zero-order valence-electron chi connectivity index (χ0n) is 7.16. The predicted octanol–water partition coefficient (Wildman–Crippen LogP) is 1.64. The van der Waals surface area contributed by atoms with Gasteiger partial charge in [0, 0.05) is 22.8 Å². The first-order valence-corrected chi connectivity index (χ1v) is 4.96. The summed E-state index contributed by atoms with van der Waals surface area (Å²) in [5.74, 6) is 0. The fourth-order valence-electron chi connectivity index (χ4n) is 1.19. The summed E-state index contributed by atoms with van der Waals surface area (Å²) in [6, 6.07) is 4.11. The molecule has 2 aromatic heterocycles. The Morgan fingerprint density at radius 2 is 2.46 bits per heavy atom. The number of hydrogen-bond donors (Lipinski definition) is 2. The molecular weight excluding hydrogens is 182 g/mol. The number of nitrogens with two attached hydrogens (primary N) is 1. The van der Waals surface area contributed by atoms with E-state index in [9.17, 15) is 0 Å². The first kappa shape index (κ1) is 8.47. The maximum atomic E-state index is 5.46.